The highest BCUT2D eigenvalue weighted by Gasteiger charge is 2.18. The van der Waals surface area contributed by atoms with Crippen molar-refractivity contribution in [2.24, 2.45) is 5.73 Å². The molecule has 1 aromatic heterocycles. The van der Waals surface area contributed by atoms with E-state index in [9.17, 15) is 8.42 Å². The Morgan fingerprint density at radius 3 is 2.61 bits per heavy atom. The van der Waals surface area contributed by atoms with Gasteiger partial charge in [0.2, 0.25) is 5.89 Å². The van der Waals surface area contributed by atoms with E-state index in [1.165, 1.54) is 0 Å². The molecule has 0 radical (unpaired) electrons. The summed E-state index contributed by atoms with van der Waals surface area (Å²) in [6.07, 6.45) is 1.11. The summed E-state index contributed by atoms with van der Waals surface area (Å²) in [5.41, 5.74) is 6.77. The lowest BCUT2D eigenvalue weighted by molar-refractivity contribution is 0.363. The summed E-state index contributed by atoms with van der Waals surface area (Å²) >= 11 is 0. The molecule has 1 heterocycles. The first-order valence-electron chi connectivity index (χ1n) is 5.26. The molecule has 2 aromatic rings. The highest BCUT2D eigenvalue weighted by Crippen LogP contribution is 2.17. The predicted octanol–water partition coefficient (Wildman–Crippen LogP) is 0.662. The first-order valence-corrected chi connectivity index (χ1v) is 7.32. The van der Waals surface area contributed by atoms with Crippen LogP contribution in [0, 0.1) is 0 Å². The Hall–Kier alpha value is -1.73. The van der Waals surface area contributed by atoms with E-state index >= 15 is 0 Å². The van der Waals surface area contributed by atoms with Gasteiger partial charge in [-0.3, -0.25) is 0 Å². The van der Waals surface area contributed by atoms with Gasteiger partial charge in [0.1, 0.15) is 11.8 Å². The molecule has 1 atom stereocenters. The van der Waals surface area contributed by atoms with Crippen molar-refractivity contribution < 1.29 is 12.9 Å². The molecule has 96 valence electrons. The molecule has 0 unspecified atom stereocenters. The molecule has 0 amide bonds. The molecule has 2 N–H and O–H groups in total. The molecule has 1 aromatic carbocycles. The van der Waals surface area contributed by atoms with Crippen LogP contribution in [0.1, 0.15) is 23.3 Å². The Morgan fingerprint density at radius 2 is 2.00 bits per heavy atom. The van der Waals surface area contributed by atoms with Crippen molar-refractivity contribution in [1.29, 1.82) is 0 Å². The third kappa shape index (κ3) is 3.14. The minimum Gasteiger partial charge on any atom is -0.337 e. The normalized spacial score (nSPS) is 13.4. The molecule has 0 aliphatic rings. The van der Waals surface area contributed by atoms with E-state index in [2.05, 4.69) is 10.1 Å². The molecule has 0 spiro atoms. The number of rotatable bonds is 4. The molecule has 6 nitrogen and oxygen atoms in total. The number of hydrogen-bond acceptors (Lipinski definition) is 6. The summed E-state index contributed by atoms with van der Waals surface area (Å²) in [6, 6.07) is 8.70. The van der Waals surface area contributed by atoms with Gasteiger partial charge in [0.25, 0.3) is 0 Å². The van der Waals surface area contributed by atoms with Crippen LogP contribution < -0.4 is 5.73 Å². The number of nitrogens with zero attached hydrogens (tertiary/aromatic N) is 2. The maximum atomic E-state index is 11.1. The summed E-state index contributed by atoms with van der Waals surface area (Å²) < 4.78 is 27.2. The number of hydrogen-bond donors (Lipinski definition) is 1. The smallest absolute Gasteiger partial charge is 0.248 e. The Kier molecular flexibility index (Phi) is 3.44. The van der Waals surface area contributed by atoms with Gasteiger partial charge in [-0.15, -0.1) is 0 Å². The van der Waals surface area contributed by atoms with Gasteiger partial charge in [0.05, 0.1) is 0 Å². The van der Waals surface area contributed by atoms with Gasteiger partial charge in [-0.1, -0.05) is 35.5 Å². The van der Waals surface area contributed by atoms with Crippen molar-refractivity contribution in [3.05, 3.63) is 47.6 Å². The van der Waals surface area contributed by atoms with Crippen LogP contribution in [0.15, 0.2) is 34.9 Å². The van der Waals surface area contributed by atoms with Crippen molar-refractivity contribution in [2.75, 3.05) is 6.26 Å². The van der Waals surface area contributed by atoms with E-state index < -0.39 is 15.9 Å². The number of sulfone groups is 1. The van der Waals surface area contributed by atoms with Gasteiger partial charge in [-0.2, -0.15) is 4.98 Å². The van der Waals surface area contributed by atoms with Gasteiger partial charge >= 0.3 is 0 Å². The third-order valence-electron chi connectivity index (χ3n) is 2.30. The summed E-state index contributed by atoms with van der Waals surface area (Å²) in [5, 5.41) is 3.60. The molecule has 2 rings (SSSR count). The number of benzene rings is 1. The first kappa shape index (κ1) is 12.7. The maximum absolute atomic E-state index is 11.1. The zero-order valence-electron chi connectivity index (χ0n) is 9.78. The second-order valence-corrected chi connectivity index (χ2v) is 6.15. The topological polar surface area (TPSA) is 99.1 Å². The Morgan fingerprint density at radius 1 is 1.33 bits per heavy atom. The molecule has 0 aliphatic heterocycles. The van der Waals surface area contributed by atoms with Crippen molar-refractivity contribution >= 4 is 9.84 Å². The van der Waals surface area contributed by atoms with Gasteiger partial charge in [-0.05, 0) is 5.56 Å². The first-order chi connectivity index (χ1) is 8.46. The summed E-state index contributed by atoms with van der Waals surface area (Å²) in [4.78, 5) is 3.99. The molecular formula is C11H13N3O3S. The van der Waals surface area contributed by atoms with E-state index in [0.717, 1.165) is 11.8 Å². The number of aromatic nitrogens is 2. The maximum Gasteiger partial charge on any atom is 0.248 e. The lowest BCUT2D eigenvalue weighted by atomic mass is 10.1. The molecule has 0 bridgehead atoms. The lowest BCUT2D eigenvalue weighted by Crippen LogP contribution is -2.12. The van der Waals surface area contributed by atoms with Crippen molar-refractivity contribution in [2.45, 2.75) is 11.8 Å². The van der Waals surface area contributed by atoms with E-state index in [1.807, 2.05) is 30.3 Å². The predicted molar refractivity (Wildman–Crippen MR) is 65.3 cm³/mol. The fraction of sp³-hybridized carbons (Fsp3) is 0.273. The average Bonchev–Trinajstić information content (AvgIpc) is 2.75. The molecule has 18 heavy (non-hydrogen) atoms. The number of nitrogens with two attached hydrogens (primary N) is 1. The van der Waals surface area contributed by atoms with Crippen LogP contribution >= 0.6 is 0 Å². The minimum absolute atomic E-state index is 0.124. The monoisotopic (exact) mass is 267 g/mol. The standard InChI is InChI=1S/C11H13N3O3S/c1-18(15,16)7-9-13-11(17-14-9)10(12)8-5-3-2-4-6-8/h2-6,10H,7,12H2,1H3/t10-/m1/s1. The summed E-state index contributed by atoms with van der Waals surface area (Å²) in [6.45, 7) is 0. The lowest BCUT2D eigenvalue weighted by Gasteiger charge is -2.05. The zero-order chi connectivity index (χ0) is 13.2. The van der Waals surface area contributed by atoms with E-state index in [1.54, 1.807) is 0 Å². The molecular weight excluding hydrogens is 254 g/mol. The second-order valence-electron chi connectivity index (χ2n) is 4.01. The van der Waals surface area contributed by atoms with Crippen LogP contribution in [0.4, 0.5) is 0 Å². The Labute approximate surface area is 105 Å². The largest absolute Gasteiger partial charge is 0.337 e. The average molecular weight is 267 g/mol. The van der Waals surface area contributed by atoms with Crippen LogP contribution in [0.3, 0.4) is 0 Å². The molecule has 0 fully saturated rings. The van der Waals surface area contributed by atoms with Crippen molar-refractivity contribution in [3.8, 4) is 0 Å². The fourth-order valence-corrected chi connectivity index (χ4v) is 2.08. The minimum atomic E-state index is -3.18. The highest BCUT2D eigenvalue weighted by molar-refractivity contribution is 7.89. The molecule has 0 aliphatic carbocycles. The second kappa shape index (κ2) is 4.87. The van der Waals surface area contributed by atoms with E-state index in [-0.39, 0.29) is 17.5 Å². The summed E-state index contributed by atoms with van der Waals surface area (Å²) in [7, 11) is -3.18. The van der Waals surface area contributed by atoms with Crippen molar-refractivity contribution in [3.63, 3.8) is 0 Å². The quantitative estimate of drug-likeness (QED) is 0.873. The van der Waals surface area contributed by atoms with Crippen LogP contribution in [0.25, 0.3) is 0 Å². The summed E-state index contributed by atoms with van der Waals surface area (Å²) in [5.74, 6) is 0.0802. The SMILES string of the molecule is CS(=O)(=O)Cc1noc([C@H](N)c2ccccc2)n1. The van der Waals surface area contributed by atoms with Crippen LogP contribution in [0.5, 0.6) is 0 Å². The molecule has 7 heteroatoms. The van der Waals surface area contributed by atoms with E-state index in [4.69, 9.17) is 10.3 Å². The molecule has 0 saturated carbocycles. The van der Waals surface area contributed by atoms with Gasteiger partial charge in [0, 0.05) is 6.26 Å². The van der Waals surface area contributed by atoms with Gasteiger partial charge in [0.15, 0.2) is 15.7 Å². The fourth-order valence-electron chi connectivity index (χ4n) is 1.49. The molecule has 0 saturated heterocycles. The van der Waals surface area contributed by atoms with Crippen molar-refractivity contribution in [1.82, 2.24) is 10.1 Å². The van der Waals surface area contributed by atoms with Crippen LogP contribution in [0.2, 0.25) is 0 Å². The third-order valence-corrected chi connectivity index (χ3v) is 3.08. The van der Waals surface area contributed by atoms with Gasteiger partial charge in [-0.25, -0.2) is 8.42 Å². The van der Waals surface area contributed by atoms with Crippen LogP contribution in [-0.4, -0.2) is 24.8 Å². The Balaban J connectivity index is 2.20. The zero-order valence-corrected chi connectivity index (χ0v) is 10.6. The Bertz CT molecular complexity index is 622. The van der Waals surface area contributed by atoms with Crippen LogP contribution in [-0.2, 0) is 15.6 Å². The van der Waals surface area contributed by atoms with Gasteiger partial charge < -0.3 is 10.3 Å². The van der Waals surface area contributed by atoms with E-state index in [0.29, 0.717) is 0 Å². The highest BCUT2D eigenvalue weighted by atomic mass is 32.2.